The summed E-state index contributed by atoms with van der Waals surface area (Å²) in [5.74, 6) is 0.557. The largest absolute Gasteiger partial charge is 0.314 e. The van der Waals surface area contributed by atoms with Crippen molar-refractivity contribution in [1.29, 1.82) is 0 Å². The van der Waals surface area contributed by atoms with E-state index in [4.69, 9.17) is 0 Å². The zero-order chi connectivity index (χ0) is 14.3. The number of rotatable bonds is 8. The molecule has 0 saturated carbocycles. The lowest BCUT2D eigenvalue weighted by atomic mass is 9.93. The molecule has 2 unspecified atom stereocenters. The number of hydrogen-bond donors (Lipinski definition) is 1. The zero-order valence-electron chi connectivity index (χ0n) is 12.7. The average molecular weight is 290 g/mol. The van der Waals surface area contributed by atoms with Gasteiger partial charge >= 0.3 is 0 Å². The molecule has 0 aromatic heterocycles. The molecule has 5 heteroatoms. The predicted molar refractivity (Wildman–Crippen MR) is 80.7 cm³/mol. The van der Waals surface area contributed by atoms with Crippen LogP contribution in [0.25, 0.3) is 0 Å². The van der Waals surface area contributed by atoms with Crippen molar-refractivity contribution in [3.05, 3.63) is 0 Å². The lowest BCUT2D eigenvalue weighted by molar-refractivity contribution is 0.250. The van der Waals surface area contributed by atoms with Crippen LogP contribution in [-0.2, 0) is 10.0 Å². The van der Waals surface area contributed by atoms with E-state index in [1.54, 1.807) is 4.31 Å². The van der Waals surface area contributed by atoms with Crippen LogP contribution in [0.15, 0.2) is 0 Å². The fraction of sp³-hybridized carbons (Fsp3) is 1.00. The van der Waals surface area contributed by atoms with Crippen LogP contribution >= 0.6 is 0 Å². The molecule has 114 valence electrons. The number of hydrogen-bond acceptors (Lipinski definition) is 3. The van der Waals surface area contributed by atoms with Crippen molar-refractivity contribution >= 4 is 10.0 Å². The van der Waals surface area contributed by atoms with Gasteiger partial charge < -0.3 is 5.32 Å². The van der Waals surface area contributed by atoms with Gasteiger partial charge in [-0.2, -0.15) is 0 Å². The van der Waals surface area contributed by atoms with Crippen LogP contribution in [0.2, 0.25) is 0 Å². The molecule has 19 heavy (non-hydrogen) atoms. The van der Waals surface area contributed by atoms with E-state index in [0.29, 0.717) is 18.5 Å². The molecule has 0 amide bonds. The zero-order valence-corrected chi connectivity index (χ0v) is 13.5. The summed E-state index contributed by atoms with van der Waals surface area (Å²) in [7, 11) is -2.99. The van der Waals surface area contributed by atoms with E-state index < -0.39 is 10.0 Å². The molecule has 2 atom stereocenters. The number of nitrogens with zero attached hydrogens (tertiary/aromatic N) is 1. The third-order valence-corrected chi connectivity index (χ3v) is 5.21. The predicted octanol–water partition coefficient (Wildman–Crippen LogP) is 2.22. The summed E-state index contributed by atoms with van der Waals surface area (Å²) in [6, 6.07) is 0.578. The minimum Gasteiger partial charge on any atom is -0.314 e. The molecular weight excluding hydrogens is 260 g/mol. The Hall–Kier alpha value is -0.130. The Balaban J connectivity index is 2.22. The van der Waals surface area contributed by atoms with E-state index >= 15 is 0 Å². The van der Waals surface area contributed by atoms with Gasteiger partial charge in [-0.3, -0.25) is 0 Å². The molecule has 0 bridgehead atoms. The maximum Gasteiger partial charge on any atom is 0.211 e. The molecular formula is C14H30N2O2S. The Labute approximate surface area is 119 Å². The first-order chi connectivity index (χ1) is 8.93. The van der Waals surface area contributed by atoms with E-state index in [2.05, 4.69) is 19.2 Å². The number of sulfonamides is 1. The first-order valence-electron chi connectivity index (χ1n) is 7.62. The van der Waals surface area contributed by atoms with Gasteiger partial charge in [-0.25, -0.2) is 12.7 Å². The maximum absolute atomic E-state index is 11.5. The van der Waals surface area contributed by atoms with Crippen molar-refractivity contribution in [2.45, 2.75) is 58.4 Å². The smallest absolute Gasteiger partial charge is 0.211 e. The lowest BCUT2D eigenvalue weighted by Gasteiger charge is -2.31. The molecule has 0 aromatic rings. The SMILES string of the molecule is CCCNC(C)CCCC1CCCN(S(C)(=O)=O)C1. The van der Waals surface area contributed by atoms with Crippen molar-refractivity contribution < 1.29 is 8.42 Å². The second kappa shape index (κ2) is 8.22. The molecule has 1 aliphatic rings. The molecule has 0 radical (unpaired) electrons. The van der Waals surface area contributed by atoms with E-state index in [1.807, 2.05) is 0 Å². The number of piperidine rings is 1. The van der Waals surface area contributed by atoms with Crippen LogP contribution < -0.4 is 5.32 Å². The van der Waals surface area contributed by atoms with Crippen molar-refractivity contribution in [1.82, 2.24) is 9.62 Å². The fourth-order valence-electron chi connectivity index (χ4n) is 2.77. The first-order valence-corrected chi connectivity index (χ1v) is 9.46. The third kappa shape index (κ3) is 6.72. The topological polar surface area (TPSA) is 49.4 Å². The minimum atomic E-state index is -2.99. The van der Waals surface area contributed by atoms with E-state index in [-0.39, 0.29) is 0 Å². The van der Waals surface area contributed by atoms with Gasteiger partial charge in [-0.15, -0.1) is 0 Å². The quantitative estimate of drug-likeness (QED) is 0.745. The van der Waals surface area contributed by atoms with Gasteiger partial charge in [0.2, 0.25) is 10.0 Å². The monoisotopic (exact) mass is 290 g/mol. The highest BCUT2D eigenvalue weighted by molar-refractivity contribution is 7.88. The second-order valence-corrected chi connectivity index (χ2v) is 7.90. The summed E-state index contributed by atoms with van der Waals surface area (Å²) < 4.78 is 24.7. The fourth-order valence-corrected chi connectivity index (χ4v) is 3.71. The third-order valence-electron chi connectivity index (χ3n) is 3.94. The standard InChI is InChI=1S/C14H30N2O2S/c1-4-10-15-13(2)7-5-8-14-9-6-11-16(12-14)19(3,17)18/h13-15H,4-12H2,1-3H3. The average Bonchev–Trinajstić information content (AvgIpc) is 2.36. The van der Waals surface area contributed by atoms with Gasteiger partial charge in [0, 0.05) is 19.1 Å². The highest BCUT2D eigenvalue weighted by Gasteiger charge is 2.25. The number of nitrogens with one attached hydrogen (secondary N) is 1. The summed E-state index contributed by atoms with van der Waals surface area (Å²) >= 11 is 0. The molecule has 1 rings (SSSR count). The molecule has 4 nitrogen and oxygen atoms in total. The van der Waals surface area contributed by atoms with Gasteiger partial charge in [0.25, 0.3) is 0 Å². The molecule has 1 aliphatic heterocycles. The molecule has 0 aliphatic carbocycles. The molecule has 0 aromatic carbocycles. The summed E-state index contributed by atoms with van der Waals surface area (Å²) in [6.45, 7) is 6.95. The summed E-state index contributed by atoms with van der Waals surface area (Å²) in [5.41, 5.74) is 0. The van der Waals surface area contributed by atoms with Crippen molar-refractivity contribution in [3.8, 4) is 0 Å². The lowest BCUT2D eigenvalue weighted by Crippen LogP contribution is -2.39. The molecule has 1 heterocycles. The van der Waals surface area contributed by atoms with Crippen LogP contribution in [0.4, 0.5) is 0 Å². The van der Waals surface area contributed by atoms with Crippen LogP contribution in [0.5, 0.6) is 0 Å². The van der Waals surface area contributed by atoms with Crippen LogP contribution in [0.3, 0.4) is 0 Å². The van der Waals surface area contributed by atoms with E-state index in [1.165, 1.54) is 31.9 Å². The van der Waals surface area contributed by atoms with Crippen molar-refractivity contribution in [2.24, 2.45) is 5.92 Å². The Morgan fingerprint density at radius 2 is 2.16 bits per heavy atom. The van der Waals surface area contributed by atoms with Gasteiger partial charge in [0.05, 0.1) is 6.26 Å². The van der Waals surface area contributed by atoms with Gasteiger partial charge in [-0.1, -0.05) is 13.3 Å². The molecule has 1 saturated heterocycles. The molecule has 1 N–H and O–H groups in total. The van der Waals surface area contributed by atoms with Gasteiger partial charge in [-0.05, 0) is 51.5 Å². The van der Waals surface area contributed by atoms with Crippen molar-refractivity contribution in [3.63, 3.8) is 0 Å². The normalized spacial score (nSPS) is 23.4. The van der Waals surface area contributed by atoms with E-state index in [9.17, 15) is 8.42 Å². The second-order valence-electron chi connectivity index (χ2n) is 5.92. The molecule has 1 fully saturated rings. The van der Waals surface area contributed by atoms with Crippen molar-refractivity contribution in [2.75, 3.05) is 25.9 Å². The summed E-state index contributed by atoms with van der Waals surface area (Å²) in [5, 5.41) is 3.50. The van der Waals surface area contributed by atoms with Gasteiger partial charge in [0.1, 0.15) is 0 Å². The first kappa shape index (κ1) is 16.9. The van der Waals surface area contributed by atoms with Crippen LogP contribution in [-0.4, -0.2) is 44.7 Å². The highest BCUT2D eigenvalue weighted by atomic mass is 32.2. The Morgan fingerprint density at radius 3 is 2.79 bits per heavy atom. The minimum absolute atomic E-state index is 0.557. The van der Waals surface area contributed by atoms with E-state index in [0.717, 1.165) is 25.9 Å². The summed E-state index contributed by atoms with van der Waals surface area (Å²) in [4.78, 5) is 0. The Morgan fingerprint density at radius 1 is 1.42 bits per heavy atom. The molecule has 0 spiro atoms. The van der Waals surface area contributed by atoms with Crippen LogP contribution in [0.1, 0.15) is 52.4 Å². The maximum atomic E-state index is 11.5. The highest BCUT2D eigenvalue weighted by Crippen LogP contribution is 2.23. The summed E-state index contributed by atoms with van der Waals surface area (Å²) in [6.07, 6.45) is 8.24. The van der Waals surface area contributed by atoms with Gasteiger partial charge in [0.15, 0.2) is 0 Å². The Kier molecular flexibility index (Phi) is 7.32. The Bertz CT molecular complexity index is 343. The van der Waals surface area contributed by atoms with Crippen LogP contribution in [0, 0.1) is 5.92 Å².